The highest BCUT2D eigenvalue weighted by atomic mass is 16.1. The Morgan fingerprint density at radius 1 is 1.48 bits per heavy atom. The topological polar surface area (TPSA) is 45.2 Å². The van der Waals surface area contributed by atoms with E-state index in [-0.39, 0.29) is 5.91 Å². The molecule has 1 atom stereocenters. The molecule has 0 saturated carbocycles. The van der Waals surface area contributed by atoms with Gasteiger partial charge in [0.15, 0.2) is 0 Å². The number of pyridine rings is 1. The molecule has 4 heteroatoms. The second kappa shape index (κ2) is 7.93. The second-order valence-electron chi connectivity index (χ2n) is 5.86. The Balaban J connectivity index is 1.68. The van der Waals surface area contributed by atoms with Crippen molar-refractivity contribution < 1.29 is 4.79 Å². The first-order chi connectivity index (χ1) is 10.2. The third-order valence-electron chi connectivity index (χ3n) is 4.04. The zero-order valence-electron chi connectivity index (χ0n) is 13.0. The summed E-state index contributed by atoms with van der Waals surface area (Å²) in [5, 5.41) is 3.06. The molecule has 1 aromatic rings. The molecule has 0 spiro atoms. The predicted octanol–water partition coefficient (Wildman–Crippen LogP) is 2.03. The summed E-state index contributed by atoms with van der Waals surface area (Å²) in [5.41, 5.74) is 2.43. The van der Waals surface area contributed by atoms with Crippen molar-refractivity contribution in [1.82, 2.24) is 15.2 Å². The van der Waals surface area contributed by atoms with Crippen LogP contribution in [0, 0.1) is 5.92 Å². The summed E-state index contributed by atoms with van der Waals surface area (Å²) in [7, 11) is 0. The van der Waals surface area contributed by atoms with Gasteiger partial charge in [0, 0.05) is 32.0 Å². The molecule has 1 aliphatic rings. The highest BCUT2D eigenvalue weighted by molar-refractivity contribution is 5.78. The van der Waals surface area contributed by atoms with Gasteiger partial charge in [0.05, 0.1) is 6.42 Å². The fourth-order valence-electron chi connectivity index (χ4n) is 2.67. The maximum Gasteiger partial charge on any atom is 0.224 e. The Hall–Kier alpha value is -1.68. The summed E-state index contributed by atoms with van der Waals surface area (Å²) in [4.78, 5) is 18.3. The van der Waals surface area contributed by atoms with Crippen LogP contribution in [0.25, 0.3) is 0 Å². The van der Waals surface area contributed by atoms with Gasteiger partial charge in [-0.3, -0.25) is 14.7 Å². The van der Waals surface area contributed by atoms with Crippen molar-refractivity contribution >= 4 is 5.91 Å². The molecule has 1 aliphatic heterocycles. The number of allylic oxidation sites excluding steroid dienone is 1. The summed E-state index contributed by atoms with van der Waals surface area (Å²) >= 11 is 0. The molecule has 1 aromatic heterocycles. The first kappa shape index (κ1) is 15.7. The van der Waals surface area contributed by atoms with Crippen LogP contribution in [0.15, 0.2) is 36.2 Å². The highest BCUT2D eigenvalue weighted by Gasteiger charge is 2.22. The Morgan fingerprint density at radius 3 is 2.95 bits per heavy atom. The molecule has 0 aliphatic carbocycles. The minimum atomic E-state index is 0.101. The molecule has 1 N–H and O–H groups in total. The standard InChI is InChI=1S/C17H25N3O/c1-3-14(2)12-20-9-6-16(13-20)11-19-17(21)10-15-4-7-18-8-5-15/h3-5,7-8,16H,6,9-13H2,1-2H3,(H,19,21). The van der Waals surface area contributed by atoms with Gasteiger partial charge in [-0.25, -0.2) is 0 Å². The van der Waals surface area contributed by atoms with E-state index < -0.39 is 0 Å². The van der Waals surface area contributed by atoms with Gasteiger partial charge in [0.25, 0.3) is 0 Å². The smallest absolute Gasteiger partial charge is 0.224 e. The highest BCUT2D eigenvalue weighted by Crippen LogP contribution is 2.16. The van der Waals surface area contributed by atoms with Crippen molar-refractivity contribution in [3.63, 3.8) is 0 Å². The lowest BCUT2D eigenvalue weighted by Gasteiger charge is -2.16. The third kappa shape index (κ3) is 5.31. The van der Waals surface area contributed by atoms with E-state index in [2.05, 4.69) is 35.1 Å². The average Bonchev–Trinajstić information content (AvgIpc) is 2.93. The molecular weight excluding hydrogens is 262 g/mol. The number of carbonyl (C=O) groups excluding carboxylic acids is 1. The predicted molar refractivity (Wildman–Crippen MR) is 84.9 cm³/mol. The van der Waals surface area contributed by atoms with Crippen LogP contribution in [0.1, 0.15) is 25.8 Å². The molecule has 1 amide bonds. The van der Waals surface area contributed by atoms with E-state index in [1.165, 1.54) is 12.0 Å². The van der Waals surface area contributed by atoms with Crippen LogP contribution >= 0.6 is 0 Å². The lowest BCUT2D eigenvalue weighted by atomic mass is 10.1. The van der Waals surface area contributed by atoms with Crippen molar-refractivity contribution in [3.8, 4) is 0 Å². The molecule has 21 heavy (non-hydrogen) atoms. The Labute approximate surface area is 127 Å². The van der Waals surface area contributed by atoms with Crippen molar-refractivity contribution in [1.29, 1.82) is 0 Å². The molecule has 0 aromatic carbocycles. The van der Waals surface area contributed by atoms with E-state index in [4.69, 9.17) is 0 Å². The number of nitrogens with zero attached hydrogens (tertiary/aromatic N) is 2. The minimum absolute atomic E-state index is 0.101. The Bertz CT molecular complexity index is 484. The van der Waals surface area contributed by atoms with Crippen molar-refractivity contribution in [2.45, 2.75) is 26.7 Å². The van der Waals surface area contributed by atoms with Gasteiger partial charge in [-0.15, -0.1) is 0 Å². The van der Waals surface area contributed by atoms with Gasteiger partial charge in [0.1, 0.15) is 0 Å². The largest absolute Gasteiger partial charge is 0.355 e. The fourth-order valence-corrected chi connectivity index (χ4v) is 2.67. The summed E-state index contributed by atoms with van der Waals surface area (Å²) in [6, 6.07) is 3.77. The molecule has 0 radical (unpaired) electrons. The van der Waals surface area contributed by atoms with Crippen molar-refractivity contribution in [3.05, 3.63) is 41.7 Å². The van der Waals surface area contributed by atoms with Gasteiger partial charge < -0.3 is 5.32 Å². The number of rotatable bonds is 6. The summed E-state index contributed by atoms with van der Waals surface area (Å²) in [5.74, 6) is 0.681. The quantitative estimate of drug-likeness (QED) is 0.814. The fraction of sp³-hybridized carbons (Fsp3) is 0.529. The number of nitrogens with one attached hydrogen (secondary N) is 1. The summed E-state index contributed by atoms with van der Waals surface area (Å²) in [6.07, 6.45) is 7.23. The first-order valence-corrected chi connectivity index (χ1v) is 7.67. The molecule has 0 bridgehead atoms. The van der Waals surface area contributed by atoms with E-state index >= 15 is 0 Å². The molecule has 4 nitrogen and oxygen atoms in total. The Morgan fingerprint density at radius 2 is 2.24 bits per heavy atom. The van der Waals surface area contributed by atoms with Crippen molar-refractivity contribution in [2.75, 3.05) is 26.2 Å². The van der Waals surface area contributed by atoms with Gasteiger partial charge in [-0.1, -0.05) is 11.6 Å². The normalized spacial score (nSPS) is 19.7. The molecule has 1 unspecified atom stereocenters. The average molecular weight is 287 g/mol. The van der Waals surface area contributed by atoms with Crippen molar-refractivity contribution in [2.24, 2.45) is 5.92 Å². The van der Waals surface area contributed by atoms with E-state index in [1.807, 2.05) is 12.1 Å². The zero-order chi connectivity index (χ0) is 15.1. The lowest BCUT2D eigenvalue weighted by molar-refractivity contribution is -0.120. The zero-order valence-corrected chi connectivity index (χ0v) is 13.0. The van der Waals surface area contributed by atoms with Gasteiger partial charge in [0.2, 0.25) is 5.91 Å². The molecular formula is C17H25N3O. The van der Waals surface area contributed by atoms with Crippen LogP contribution in [0.3, 0.4) is 0 Å². The minimum Gasteiger partial charge on any atom is -0.355 e. The van der Waals surface area contributed by atoms with E-state index in [9.17, 15) is 4.79 Å². The number of aromatic nitrogens is 1. The van der Waals surface area contributed by atoms with Gasteiger partial charge in [-0.05, 0) is 50.4 Å². The first-order valence-electron chi connectivity index (χ1n) is 7.67. The van der Waals surface area contributed by atoms with Gasteiger partial charge >= 0.3 is 0 Å². The number of hydrogen-bond acceptors (Lipinski definition) is 3. The maximum atomic E-state index is 11.9. The van der Waals surface area contributed by atoms with E-state index in [0.29, 0.717) is 12.3 Å². The molecule has 1 saturated heterocycles. The Kier molecular flexibility index (Phi) is 5.93. The van der Waals surface area contributed by atoms with Crippen LogP contribution in [0.4, 0.5) is 0 Å². The van der Waals surface area contributed by atoms with Crippen LogP contribution in [-0.4, -0.2) is 42.0 Å². The summed E-state index contributed by atoms with van der Waals surface area (Å²) in [6.45, 7) is 8.32. The van der Waals surface area contributed by atoms with Crippen LogP contribution < -0.4 is 5.32 Å². The molecule has 114 valence electrons. The number of hydrogen-bond donors (Lipinski definition) is 1. The molecule has 2 heterocycles. The molecule has 2 rings (SSSR count). The van der Waals surface area contributed by atoms with Crippen LogP contribution in [-0.2, 0) is 11.2 Å². The summed E-state index contributed by atoms with van der Waals surface area (Å²) < 4.78 is 0. The van der Waals surface area contributed by atoms with Crippen LogP contribution in [0.5, 0.6) is 0 Å². The third-order valence-corrected chi connectivity index (χ3v) is 4.04. The van der Waals surface area contributed by atoms with E-state index in [0.717, 1.165) is 31.7 Å². The monoisotopic (exact) mass is 287 g/mol. The van der Waals surface area contributed by atoms with Gasteiger partial charge in [-0.2, -0.15) is 0 Å². The number of carbonyl (C=O) groups is 1. The SMILES string of the molecule is CC=C(C)CN1CCC(CNC(=O)Cc2ccncc2)C1. The number of likely N-dealkylation sites (tertiary alicyclic amines) is 1. The van der Waals surface area contributed by atoms with Crippen LogP contribution in [0.2, 0.25) is 0 Å². The maximum absolute atomic E-state index is 11.9. The molecule has 1 fully saturated rings. The number of amides is 1. The lowest BCUT2D eigenvalue weighted by Crippen LogP contribution is -2.32. The van der Waals surface area contributed by atoms with E-state index in [1.54, 1.807) is 12.4 Å². The second-order valence-corrected chi connectivity index (χ2v) is 5.86.